The van der Waals surface area contributed by atoms with Crippen LogP contribution in [0.1, 0.15) is 56.0 Å². The van der Waals surface area contributed by atoms with Gasteiger partial charge >= 0.3 is 0 Å². The van der Waals surface area contributed by atoms with Crippen molar-refractivity contribution in [3.05, 3.63) is 17.7 Å². The van der Waals surface area contributed by atoms with Gasteiger partial charge in [-0.1, -0.05) is 19.3 Å². The molecule has 1 atom stereocenters. The Morgan fingerprint density at radius 3 is 2.89 bits per heavy atom. The second-order valence-electron chi connectivity index (χ2n) is 6.46. The normalized spacial score (nSPS) is 27.8. The van der Waals surface area contributed by atoms with E-state index in [4.69, 9.17) is 0 Å². The van der Waals surface area contributed by atoms with Crippen molar-refractivity contribution < 1.29 is 5.11 Å². The molecule has 1 saturated heterocycles. The van der Waals surface area contributed by atoms with Crippen molar-refractivity contribution in [3.8, 4) is 0 Å². The SMILES string of the molecule is Cc1cnc([C@H]2CCN(CC3(O)CCCCC3)C2)[nH]1. The molecule has 2 fully saturated rings. The fourth-order valence-electron chi connectivity index (χ4n) is 3.62. The minimum absolute atomic E-state index is 0.424. The summed E-state index contributed by atoms with van der Waals surface area (Å²) in [6.45, 7) is 5.03. The van der Waals surface area contributed by atoms with Gasteiger partial charge < -0.3 is 10.1 Å². The number of H-pyrrole nitrogens is 1. The second-order valence-corrected chi connectivity index (χ2v) is 6.46. The van der Waals surface area contributed by atoms with Crippen molar-refractivity contribution in [2.24, 2.45) is 0 Å². The van der Waals surface area contributed by atoms with Gasteiger partial charge in [-0.3, -0.25) is 4.90 Å². The summed E-state index contributed by atoms with van der Waals surface area (Å²) in [5.41, 5.74) is 0.714. The molecule has 0 amide bonds. The Morgan fingerprint density at radius 2 is 2.21 bits per heavy atom. The van der Waals surface area contributed by atoms with Crippen LogP contribution in [0.25, 0.3) is 0 Å². The third kappa shape index (κ3) is 3.00. The summed E-state index contributed by atoms with van der Waals surface area (Å²) in [5, 5.41) is 10.6. The summed E-state index contributed by atoms with van der Waals surface area (Å²) in [6.07, 6.45) is 8.69. The van der Waals surface area contributed by atoms with Crippen LogP contribution in [0.15, 0.2) is 6.20 Å². The van der Waals surface area contributed by atoms with Gasteiger partial charge in [-0.2, -0.15) is 0 Å². The number of aliphatic hydroxyl groups is 1. The first-order valence-electron chi connectivity index (χ1n) is 7.61. The van der Waals surface area contributed by atoms with E-state index in [1.807, 2.05) is 13.1 Å². The number of aryl methyl sites for hydroxylation is 1. The van der Waals surface area contributed by atoms with Crippen LogP contribution < -0.4 is 0 Å². The first-order chi connectivity index (χ1) is 9.15. The predicted octanol–water partition coefficient (Wildman–Crippen LogP) is 2.20. The molecule has 2 heterocycles. The third-order valence-electron chi connectivity index (χ3n) is 4.68. The Labute approximate surface area is 115 Å². The number of likely N-dealkylation sites (tertiary alicyclic amines) is 1. The number of rotatable bonds is 3. The van der Waals surface area contributed by atoms with E-state index in [2.05, 4.69) is 14.9 Å². The molecule has 0 unspecified atom stereocenters. The standard InChI is InChI=1S/C15H25N3O/c1-12-9-16-14(17-12)13-5-8-18(10-13)11-15(19)6-3-2-4-7-15/h9,13,19H,2-8,10-11H2,1H3,(H,16,17)/t13-/m0/s1. The molecule has 0 aromatic carbocycles. The predicted molar refractivity (Wildman–Crippen MR) is 75.2 cm³/mol. The van der Waals surface area contributed by atoms with Gasteiger partial charge in [-0.15, -0.1) is 0 Å². The van der Waals surface area contributed by atoms with Crippen LogP contribution in [0.2, 0.25) is 0 Å². The summed E-state index contributed by atoms with van der Waals surface area (Å²) < 4.78 is 0. The number of β-amino-alcohol motifs (C(OH)–C–C–N with tert-alkyl or cyclic N) is 1. The fourth-order valence-corrected chi connectivity index (χ4v) is 3.62. The Hall–Kier alpha value is -0.870. The summed E-state index contributed by atoms with van der Waals surface area (Å²) in [7, 11) is 0. The number of imidazole rings is 1. The lowest BCUT2D eigenvalue weighted by atomic mass is 9.84. The molecule has 3 rings (SSSR count). The average molecular weight is 263 g/mol. The zero-order chi connectivity index (χ0) is 13.3. The molecule has 0 spiro atoms. The van der Waals surface area contributed by atoms with Crippen molar-refractivity contribution >= 4 is 0 Å². The summed E-state index contributed by atoms with van der Waals surface area (Å²) in [5.74, 6) is 1.64. The molecule has 0 bridgehead atoms. The van der Waals surface area contributed by atoms with E-state index in [1.54, 1.807) is 0 Å². The largest absolute Gasteiger partial charge is 0.389 e. The highest BCUT2D eigenvalue weighted by atomic mass is 16.3. The van der Waals surface area contributed by atoms with Crippen LogP contribution in [-0.4, -0.2) is 45.2 Å². The highest BCUT2D eigenvalue weighted by Crippen LogP contribution is 2.32. The smallest absolute Gasteiger partial charge is 0.110 e. The maximum absolute atomic E-state index is 10.6. The lowest BCUT2D eigenvalue weighted by Crippen LogP contribution is -2.43. The highest BCUT2D eigenvalue weighted by molar-refractivity contribution is 5.07. The topological polar surface area (TPSA) is 52.1 Å². The molecule has 4 nitrogen and oxygen atoms in total. The van der Waals surface area contributed by atoms with E-state index in [0.29, 0.717) is 5.92 Å². The molecule has 19 heavy (non-hydrogen) atoms. The molecule has 106 valence electrons. The first kappa shape index (κ1) is 13.1. The van der Waals surface area contributed by atoms with Crippen LogP contribution in [0.4, 0.5) is 0 Å². The van der Waals surface area contributed by atoms with Crippen molar-refractivity contribution in [2.45, 2.75) is 57.0 Å². The quantitative estimate of drug-likeness (QED) is 0.879. The van der Waals surface area contributed by atoms with E-state index in [9.17, 15) is 5.11 Å². The Kier molecular flexibility index (Phi) is 3.63. The van der Waals surface area contributed by atoms with Gasteiger partial charge in [0.15, 0.2) is 0 Å². The summed E-state index contributed by atoms with van der Waals surface area (Å²) in [4.78, 5) is 10.2. The first-order valence-corrected chi connectivity index (χ1v) is 7.61. The Morgan fingerprint density at radius 1 is 1.42 bits per heavy atom. The lowest BCUT2D eigenvalue weighted by Gasteiger charge is -2.35. The fraction of sp³-hybridized carbons (Fsp3) is 0.800. The minimum atomic E-state index is -0.424. The van der Waals surface area contributed by atoms with Crippen molar-refractivity contribution in [1.82, 2.24) is 14.9 Å². The van der Waals surface area contributed by atoms with E-state index < -0.39 is 5.60 Å². The summed E-state index contributed by atoms with van der Waals surface area (Å²) in [6, 6.07) is 0. The van der Waals surface area contributed by atoms with Gasteiger partial charge in [-0.05, 0) is 32.7 Å². The van der Waals surface area contributed by atoms with E-state index in [1.165, 1.54) is 19.3 Å². The lowest BCUT2D eigenvalue weighted by molar-refractivity contribution is -0.0216. The zero-order valence-electron chi connectivity index (χ0n) is 11.9. The molecule has 0 radical (unpaired) electrons. The number of aromatic nitrogens is 2. The monoisotopic (exact) mass is 263 g/mol. The van der Waals surface area contributed by atoms with Crippen LogP contribution in [0.3, 0.4) is 0 Å². The second kappa shape index (κ2) is 5.25. The molecule has 2 N–H and O–H groups in total. The third-order valence-corrected chi connectivity index (χ3v) is 4.68. The number of aromatic amines is 1. The number of nitrogens with zero attached hydrogens (tertiary/aromatic N) is 2. The number of hydrogen-bond donors (Lipinski definition) is 2. The maximum Gasteiger partial charge on any atom is 0.110 e. The Balaban J connectivity index is 1.57. The molecule has 1 aliphatic heterocycles. The average Bonchev–Trinajstić information content (AvgIpc) is 2.98. The summed E-state index contributed by atoms with van der Waals surface area (Å²) >= 11 is 0. The number of nitrogens with one attached hydrogen (secondary N) is 1. The zero-order valence-corrected chi connectivity index (χ0v) is 11.9. The molecule has 1 aliphatic carbocycles. The van der Waals surface area contributed by atoms with Crippen LogP contribution in [-0.2, 0) is 0 Å². The molecule has 4 heteroatoms. The van der Waals surface area contributed by atoms with Crippen molar-refractivity contribution in [2.75, 3.05) is 19.6 Å². The van der Waals surface area contributed by atoms with Crippen LogP contribution in [0.5, 0.6) is 0 Å². The van der Waals surface area contributed by atoms with E-state index >= 15 is 0 Å². The number of hydrogen-bond acceptors (Lipinski definition) is 3. The molecule has 1 saturated carbocycles. The minimum Gasteiger partial charge on any atom is -0.389 e. The van der Waals surface area contributed by atoms with Gasteiger partial charge in [-0.25, -0.2) is 4.98 Å². The van der Waals surface area contributed by atoms with Gasteiger partial charge in [0.2, 0.25) is 0 Å². The van der Waals surface area contributed by atoms with E-state index in [-0.39, 0.29) is 0 Å². The van der Waals surface area contributed by atoms with Crippen LogP contribution >= 0.6 is 0 Å². The maximum atomic E-state index is 10.6. The molecule has 1 aromatic heterocycles. The van der Waals surface area contributed by atoms with Gasteiger partial charge in [0.25, 0.3) is 0 Å². The highest BCUT2D eigenvalue weighted by Gasteiger charge is 2.34. The van der Waals surface area contributed by atoms with Gasteiger partial charge in [0.05, 0.1) is 5.60 Å². The molecule has 1 aromatic rings. The molecule has 2 aliphatic rings. The molecular formula is C15H25N3O. The Bertz CT molecular complexity index is 423. The van der Waals surface area contributed by atoms with Crippen molar-refractivity contribution in [1.29, 1.82) is 0 Å². The van der Waals surface area contributed by atoms with Gasteiger partial charge in [0.1, 0.15) is 5.82 Å². The molecular weight excluding hydrogens is 238 g/mol. The van der Waals surface area contributed by atoms with Gasteiger partial charge in [0, 0.05) is 30.9 Å². The van der Waals surface area contributed by atoms with Crippen LogP contribution in [0, 0.1) is 6.92 Å². The van der Waals surface area contributed by atoms with E-state index in [0.717, 1.165) is 50.4 Å². The van der Waals surface area contributed by atoms with Crippen molar-refractivity contribution in [3.63, 3.8) is 0 Å².